The summed E-state index contributed by atoms with van der Waals surface area (Å²) >= 11 is 0. The molecule has 0 atom stereocenters. The van der Waals surface area contributed by atoms with Crippen molar-refractivity contribution in [2.75, 3.05) is 6.61 Å². The highest BCUT2D eigenvalue weighted by Gasteiger charge is 2.36. The predicted molar refractivity (Wildman–Crippen MR) is 142 cm³/mol. The summed E-state index contributed by atoms with van der Waals surface area (Å²) in [6.07, 6.45) is 7.79. The minimum absolute atomic E-state index is 0.00962. The van der Waals surface area contributed by atoms with Crippen LogP contribution in [0.15, 0.2) is 0 Å². The Morgan fingerprint density at radius 2 is 1.08 bits per heavy atom. The Morgan fingerprint density at radius 1 is 0.595 bits per heavy atom. The molecule has 0 fully saturated rings. The molecule has 0 spiro atoms. The zero-order valence-electron chi connectivity index (χ0n) is 23.0. The molecular formula is C29H44O8. The molecule has 0 aliphatic heterocycles. The molecule has 1 aromatic carbocycles. The van der Waals surface area contributed by atoms with Crippen LogP contribution in [0.4, 0.5) is 0 Å². The van der Waals surface area contributed by atoms with Gasteiger partial charge in [-0.2, -0.15) is 0 Å². The molecule has 37 heavy (non-hydrogen) atoms. The van der Waals surface area contributed by atoms with Crippen molar-refractivity contribution in [2.24, 2.45) is 0 Å². The molecule has 0 aromatic heterocycles. The molecule has 0 saturated heterocycles. The number of carbonyl (C=O) groups is 4. The molecule has 0 unspecified atom stereocenters. The van der Waals surface area contributed by atoms with Gasteiger partial charge < -0.3 is 19.7 Å². The van der Waals surface area contributed by atoms with Gasteiger partial charge in [0.1, 0.15) is 0 Å². The zero-order valence-corrected chi connectivity index (χ0v) is 23.0. The number of hydrogen-bond acceptors (Lipinski definition) is 8. The quantitative estimate of drug-likeness (QED) is 0.0652. The lowest BCUT2D eigenvalue weighted by Gasteiger charge is -2.20. The summed E-state index contributed by atoms with van der Waals surface area (Å²) in [6, 6.07) is 0. The molecular weight excluding hydrogens is 476 g/mol. The van der Waals surface area contributed by atoms with Crippen molar-refractivity contribution in [1.82, 2.24) is 0 Å². The second kappa shape index (κ2) is 17.5. The van der Waals surface area contributed by atoms with Crippen molar-refractivity contribution in [3.8, 4) is 17.2 Å². The SMILES string of the molecule is CCCCCC(=O)Oc1c(O)c(O)c(C(=O)CCCCC)c(C(=O)OCCCC)c1C(=O)CCCCC. The third-order valence-electron chi connectivity index (χ3n) is 6.11. The summed E-state index contributed by atoms with van der Waals surface area (Å²) in [6.45, 7) is 7.90. The van der Waals surface area contributed by atoms with E-state index in [9.17, 15) is 29.4 Å². The molecule has 1 rings (SSSR count). The number of benzene rings is 1. The van der Waals surface area contributed by atoms with Crippen LogP contribution >= 0.6 is 0 Å². The van der Waals surface area contributed by atoms with Crippen LogP contribution in [-0.4, -0.2) is 40.3 Å². The number of phenols is 2. The lowest BCUT2D eigenvalue weighted by atomic mass is 9.89. The van der Waals surface area contributed by atoms with Crippen LogP contribution < -0.4 is 4.74 Å². The molecule has 208 valence electrons. The molecule has 0 heterocycles. The number of aromatic hydroxyl groups is 2. The highest BCUT2D eigenvalue weighted by molar-refractivity contribution is 6.17. The average molecular weight is 521 g/mol. The molecule has 0 aliphatic carbocycles. The van der Waals surface area contributed by atoms with Crippen molar-refractivity contribution in [3.05, 3.63) is 16.7 Å². The Labute approximate surface area is 220 Å². The van der Waals surface area contributed by atoms with Crippen molar-refractivity contribution >= 4 is 23.5 Å². The van der Waals surface area contributed by atoms with Crippen LogP contribution in [0.1, 0.15) is 149 Å². The number of ether oxygens (including phenoxy) is 2. The van der Waals surface area contributed by atoms with Crippen LogP contribution in [0.5, 0.6) is 17.2 Å². The van der Waals surface area contributed by atoms with E-state index in [1.165, 1.54) is 0 Å². The number of Topliss-reactive ketones (excluding diaryl/α,β-unsaturated/α-hetero) is 2. The first-order valence-corrected chi connectivity index (χ1v) is 13.8. The number of phenolic OH excluding ortho intramolecular Hbond substituents is 2. The highest BCUT2D eigenvalue weighted by Crippen LogP contribution is 2.46. The first-order valence-electron chi connectivity index (χ1n) is 13.8. The summed E-state index contributed by atoms with van der Waals surface area (Å²) < 4.78 is 10.8. The van der Waals surface area contributed by atoms with Gasteiger partial charge in [-0.3, -0.25) is 14.4 Å². The monoisotopic (exact) mass is 520 g/mol. The van der Waals surface area contributed by atoms with Gasteiger partial charge >= 0.3 is 11.9 Å². The lowest BCUT2D eigenvalue weighted by molar-refractivity contribution is -0.134. The molecule has 0 saturated carbocycles. The molecule has 0 aliphatic rings. The minimum atomic E-state index is -0.968. The molecule has 0 radical (unpaired) electrons. The molecule has 8 heteroatoms. The van der Waals surface area contributed by atoms with E-state index in [0.29, 0.717) is 25.7 Å². The molecule has 0 bridgehead atoms. The first-order chi connectivity index (χ1) is 17.7. The molecule has 8 nitrogen and oxygen atoms in total. The second-order valence-corrected chi connectivity index (χ2v) is 9.33. The first kappa shape index (κ1) is 32.1. The largest absolute Gasteiger partial charge is 0.504 e. The van der Waals surface area contributed by atoms with E-state index >= 15 is 0 Å². The van der Waals surface area contributed by atoms with Gasteiger partial charge in [0.2, 0.25) is 5.75 Å². The van der Waals surface area contributed by atoms with Crippen LogP contribution in [0, 0.1) is 0 Å². The lowest BCUT2D eigenvalue weighted by Crippen LogP contribution is -2.21. The summed E-state index contributed by atoms with van der Waals surface area (Å²) in [5, 5.41) is 21.7. The molecule has 1 aromatic rings. The number of rotatable bonds is 19. The average Bonchev–Trinajstić information content (AvgIpc) is 2.86. The second-order valence-electron chi connectivity index (χ2n) is 9.33. The van der Waals surface area contributed by atoms with Gasteiger partial charge in [0.05, 0.1) is 23.3 Å². The normalized spacial score (nSPS) is 10.8. The van der Waals surface area contributed by atoms with Crippen molar-refractivity contribution < 1.29 is 38.9 Å². The number of hydrogen-bond donors (Lipinski definition) is 2. The van der Waals surface area contributed by atoms with E-state index in [4.69, 9.17) is 9.47 Å². The zero-order chi connectivity index (χ0) is 27.8. The van der Waals surface area contributed by atoms with E-state index in [1.807, 2.05) is 27.7 Å². The van der Waals surface area contributed by atoms with E-state index in [2.05, 4.69) is 0 Å². The van der Waals surface area contributed by atoms with Crippen LogP contribution in [-0.2, 0) is 9.53 Å². The van der Waals surface area contributed by atoms with Crippen LogP contribution in [0.3, 0.4) is 0 Å². The third-order valence-corrected chi connectivity index (χ3v) is 6.11. The van der Waals surface area contributed by atoms with Gasteiger partial charge in [0.15, 0.2) is 23.1 Å². The standard InChI is InChI=1S/C29H44O8/c1-5-9-13-16-20(30)23-25(29(35)36-19-12-8-4)24(21(31)17-14-10-6-2)28(27(34)26(23)33)37-22(32)18-15-11-7-3/h33-34H,5-19H2,1-4H3. The van der Waals surface area contributed by atoms with Crippen LogP contribution in [0.2, 0.25) is 0 Å². The fraction of sp³-hybridized carbons (Fsp3) is 0.655. The van der Waals surface area contributed by atoms with Crippen LogP contribution in [0.25, 0.3) is 0 Å². The topological polar surface area (TPSA) is 127 Å². The predicted octanol–water partition coefficient (Wildman–Crippen LogP) is 7.07. The molecule has 0 amide bonds. The van der Waals surface area contributed by atoms with E-state index in [-0.39, 0.29) is 31.4 Å². The maximum atomic E-state index is 13.4. The van der Waals surface area contributed by atoms with Crippen molar-refractivity contribution in [3.63, 3.8) is 0 Å². The fourth-order valence-corrected chi connectivity index (χ4v) is 3.93. The number of ketones is 2. The Bertz CT molecular complexity index is 919. The van der Waals surface area contributed by atoms with E-state index in [1.54, 1.807) is 0 Å². The number of carbonyl (C=O) groups excluding carboxylic acids is 4. The highest BCUT2D eigenvalue weighted by atomic mass is 16.5. The van der Waals surface area contributed by atoms with Gasteiger partial charge in [-0.1, -0.05) is 72.6 Å². The Kier molecular flexibility index (Phi) is 15.2. The van der Waals surface area contributed by atoms with E-state index < -0.39 is 51.9 Å². The number of esters is 2. The van der Waals surface area contributed by atoms with Crippen molar-refractivity contribution in [1.29, 1.82) is 0 Å². The van der Waals surface area contributed by atoms with E-state index in [0.717, 1.165) is 44.9 Å². The van der Waals surface area contributed by atoms with Gasteiger partial charge in [-0.25, -0.2) is 4.79 Å². The van der Waals surface area contributed by atoms with Crippen molar-refractivity contribution in [2.45, 2.75) is 118 Å². The summed E-state index contributed by atoms with van der Waals surface area (Å²) in [7, 11) is 0. The Hall–Kier alpha value is -2.90. The summed E-state index contributed by atoms with van der Waals surface area (Å²) in [4.78, 5) is 52.5. The third kappa shape index (κ3) is 9.82. The maximum Gasteiger partial charge on any atom is 0.339 e. The van der Waals surface area contributed by atoms with Gasteiger partial charge in [-0.05, 0) is 25.7 Å². The Morgan fingerprint density at radius 3 is 1.59 bits per heavy atom. The minimum Gasteiger partial charge on any atom is -0.504 e. The smallest absolute Gasteiger partial charge is 0.339 e. The van der Waals surface area contributed by atoms with Gasteiger partial charge in [-0.15, -0.1) is 0 Å². The van der Waals surface area contributed by atoms with Gasteiger partial charge in [0, 0.05) is 19.3 Å². The number of unbranched alkanes of at least 4 members (excludes halogenated alkanes) is 7. The summed E-state index contributed by atoms with van der Waals surface area (Å²) in [5.74, 6) is -5.20. The fourth-order valence-electron chi connectivity index (χ4n) is 3.93. The molecule has 2 N–H and O–H groups in total. The maximum absolute atomic E-state index is 13.4. The summed E-state index contributed by atoms with van der Waals surface area (Å²) in [5.41, 5.74) is -1.28. The van der Waals surface area contributed by atoms with Gasteiger partial charge in [0.25, 0.3) is 0 Å². The Balaban J connectivity index is 3.75.